The van der Waals surface area contributed by atoms with Crippen molar-refractivity contribution in [1.82, 2.24) is 0 Å². The first-order valence-electron chi connectivity index (χ1n) is 11.4. The van der Waals surface area contributed by atoms with Crippen LogP contribution in [0.5, 0.6) is 0 Å². The lowest BCUT2D eigenvalue weighted by molar-refractivity contribution is -0.160. The zero-order chi connectivity index (χ0) is 22.6. The van der Waals surface area contributed by atoms with Crippen molar-refractivity contribution >= 4 is 17.9 Å². The number of unbranched alkanes of at least 4 members (excludes halogenated alkanes) is 9. The van der Waals surface area contributed by atoms with E-state index < -0.39 is 17.9 Å². The third-order valence-electron chi connectivity index (χ3n) is 5.34. The fraction of sp³-hybridized carbons (Fsp3) is 0.792. The molecule has 6 heteroatoms. The highest BCUT2D eigenvalue weighted by molar-refractivity contribution is 5.95. The van der Waals surface area contributed by atoms with Crippen molar-refractivity contribution in [3.05, 3.63) is 12.2 Å². The third kappa shape index (κ3) is 13.4. The van der Waals surface area contributed by atoms with Gasteiger partial charge in [0, 0.05) is 12.3 Å². The number of carbonyl (C=O) groups is 3. The Morgan fingerprint density at radius 2 is 1.30 bits per heavy atom. The van der Waals surface area contributed by atoms with E-state index in [1.807, 2.05) is 6.08 Å². The Kier molecular flexibility index (Phi) is 18.0. The Balaban J connectivity index is 4.64. The molecule has 0 N–H and O–H groups in total. The van der Waals surface area contributed by atoms with Crippen LogP contribution in [-0.2, 0) is 28.6 Å². The van der Waals surface area contributed by atoms with Gasteiger partial charge in [0.05, 0.1) is 21.3 Å². The molecule has 0 bridgehead atoms. The second-order valence-corrected chi connectivity index (χ2v) is 7.70. The summed E-state index contributed by atoms with van der Waals surface area (Å²) in [4.78, 5) is 35.6. The average molecular weight is 427 g/mol. The van der Waals surface area contributed by atoms with Crippen molar-refractivity contribution in [3.63, 3.8) is 0 Å². The van der Waals surface area contributed by atoms with E-state index in [4.69, 9.17) is 9.47 Å². The van der Waals surface area contributed by atoms with Gasteiger partial charge in [-0.1, -0.05) is 70.4 Å². The molecule has 1 unspecified atom stereocenters. The van der Waals surface area contributed by atoms with Gasteiger partial charge in [-0.15, -0.1) is 0 Å². The van der Waals surface area contributed by atoms with Crippen molar-refractivity contribution in [1.29, 1.82) is 0 Å². The minimum absolute atomic E-state index is 0.172. The van der Waals surface area contributed by atoms with Gasteiger partial charge in [-0.05, 0) is 25.7 Å². The summed E-state index contributed by atoms with van der Waals surface area (Å²) < 4.78 is 14.4. The first kappa shape index (κ1) is 28.1. The largest absolute Gasteiger partial charge is 0.469 e. The summed E-state index contributed by atoms with van der Waals surface area (Å²) in [5, 5.41) is 0. The van der Waals surface area contributed by atoms with Crippen molar-refractivity contribution in [2.24, 2.45) is 11.8 Å². The number of hydrogen-bond acceptors (Lipinski definition) is 6. The van der Waals surface area contributed by atoms with Crippen LogP contribution in [0.4, 0.5) is 0 Å². The Morgan fingerprint density at radius 3 is 1.90 bits per heavy atom. The van der Waals surface area contributed by atoms with E-state index in [0.717, 1.165) is 51.4 Å². The van der Waals surface area contributed by atoms with Crippen LogP contribution in [0.3, 0.4) is 0 Å². The van der Waals surface area contributed by atoms with Crippen LogP contribution in [0.25, 0.3) is 0 Å². The number of hydrogen-bond donors (Lipinski definition) is 0. The third-order valence-corrected chi connectivity index (χ3v) is 5.34. The normalized spacial score (nSPS) is 12.2. The average Bonchev–Trinajstić information content (AvgIpc) is 2.76. The summed E-state index contributed by atoms with van der Waals surface area (Å²) in [5.74, 6) is -2.41. The van der Waals surface area contributed by atoms with Gasteiger partial charge < -0.3 is 14.2 Å². The molecule has 0 saturated heterocycles. The summed E-state index contributed by atoms with van der Waals surface area (Å²) >= 11 is 0. The standard InChI is InChI=1S/C24H42O6/c1-5-6-7-8-9-11-14-17-20(22(23(26)29-3)24(27)30-4)18-15-12-10-13-16-19-21(25)28-2/h14,17,20,22H,5-13,15-16,18-19H2,1-4H3/b17-14+. The van der Waals surface area contributed by atoms with Crippen molar-refractivity contribution in [2.75, 3.05) is 21.3 Å². The SMILES string of the molecule is CCCCCCC/C=C/C(CCCCCCCC(=O)OC)C(C(=O)OC)C(=O)OC. The minimum Gasteiger partial charge on any atom is -0.469 e. The molecule has 0 rings (SSSR count). The molecule has 0 aromatic heterocycles. The second-order valence-electron chi connectivity index (χ2n) is 7.70. The number of allylic oxidation sites excluding steroid dienone is 2. The minimum atomic E-state index is -0.921. The molecule has 30 heavy (non-hydrogen) atoms. The van der Waals surface area contributed by atoms with E-state index in [2.05, 4.69) is 17.7 Å². The van der Waals surface area contributed by atoms with E-state index in [1.54, 1.807) is 0 Å². The van der Waals surface area contributed by atoms with Crippen LogP contribution in [0.2, 0.25) is 0 Å². The predicted octanol–water partition coefficient (Wildman–Crippen LogP) is 5.39. The molecule has 0 saturated carbocycles. The Bertz CT molecular complexity index is 484. The van der Waals surface area contributed by atoms with Crippen molar-refractivity contribution in [3.8, 4) is 0 Å². The van der Waals surface area contributed by atoms with Gasteiger partial charge in [-0.3, -0.25) is 14.4 Å². The Morgan fingerprint density at radius 1 is 0.733 bits per heavy atom. The molecule has 0 amide bonds. The monoisotopic (exact) mass is 426 g/mol. The van der Waals surface area contributed by atoms with Gasteiger partial charge in [-0.25, -0.2) is 0 Å². The number of rotatable bonds is 18. The van der Waals surface area contributed by atoms with E-state index in [0.29, 0.717) is 6.42 Å². The molecule has 0 aromatic rings. The van der Waals surface area contributed by atoms with Crippen LogP contribution >= 0.6 is 0 Å². The first-order valence-corrected chi connectivity index (χ1v) is 11.4. The summed E-state index contributed by atoms with van der Waals surface area (Å²) in [6, 6.07) is 0. The van der Waals surface area contributed by atoms with Crippen LogP contribution < -0.4 is 0 Å². The molecule has 0 aliphatic heterocycles. The quantitative estimate of drug-likeness (QED) is 0.0962. The Labute approximate surface area is 182 Å². The molecule has 0 radical (unpaired) electrons. The zero-order valence-electron chi connectivity index (χ0n) is 19.5. The first-order chi connectivity index (χ1) is 14.5. The predicted molar refractivity (Wildman–Crippen MR) is 118 cm³/mol. The molecular weight excluding hydrogens is 384 g/mol. The van der Waals surface area contributed by atoms with E-state index in [1.165, 1.54) is 47.0 Å². The van der Waals surface area contributed by atoms with Gasteiger partial charge in [0.25, 0.3) is 0 Å². The topological polar surface area (TPSA) is 78.9 Å². The summed E-state index contributed by atoms with van der Waals surface area (Å²) in [6.45, 7) is 2.20. The smallest absolute Gasteiger partial charge is 0.320 e. The maximum atomic E-state index is 12.2. The fourth-order valence-electron chi connectivity index (χ4n) is 3.49. The molecular formula is C24H42O6. The number of esters is 3. The highest BCUT2D eigenvalue weighted by atomic mass is 16.5. The second kappa shape index (κ2) is 19.1. The maximum absolute atomic E-state index is 12.2. The lowest BCUT2D eigenvalue weighted by Crippen LogP contribution is -2.32. The lowest BCUT2D eigenvalue weighted by Gasteiger charge is -2.20. The lowest BCUT2D eigenvalue weighted by atomic mass is 9.86. The number of ether oxygens (including phenoxy) is 3. The van der Waals surface area contributed by atoms with E-state index in [9.17, 15) is 14.4 Å². The fourth-order valence-corrected chi connectivity index (χ4v) is 3.49. The van der Waals surface area contributed by atoms with Crippen molar-refractivity contribution < 1.29 is 28.6 Å². The van der Waals surface area contributed by atoms with Crippen LogP contribution in [0.15, 0.2) is 12.2 Å². The molecule has 0 aromatic carbocycles. The van der Waals surface area contributed by atoms with Gasteiger partial charge in [0.2, 0.25) is 0 Å². The Hall–Kier alpha value is -1.85. The maximum Gasteiger partial charge on any atom is 0.320 e. The molecule has 0 aliphatic rings. The zero-order valence-corrected chi connectivity index (χ0v) is 19.5. The molecule has 6 nitrogen and oxygen atoms in total. The molecule has 174 valence electrons. The highest BCUT2D eigenvalue weighted by Gasteiger charge is 2.35. The van der Waals surface area contributed by atoms with Gasteiger partial charge in [-0.2, -0.15) is 0 Å². The van der Waals surface area contributed by atoms with Crippen LogP contribution in [0, 0.1) is 11.8 Å². The molecule has 0 heterocycles. The summed E-state index contributed by atoms with van der Waals surface area (Å²) in [7, 11) is 4.00. The van der Waals surface area contributed by atoms with Gasteiger partial charge >= 0.3 is 17.9 Å². The van der Waals surface area contributed by atoms with E-state index >= 15 is 0 Å². The summed E-state index contributed by atoms with van der Waals surface area (Å²) in [6.07, 6.45) is 16.9. The molecule has 0 aliphatic carbocycles. The van der Waals surface area contributed by atoms with Crippen LogP contribution in [0.1, 0.15) is 90.4 Å². The van der Waals surface area contributed by atoms with E-state index in [-0.39, 0.29) is 11.9 Å². The van der Waals surface area contributed by atoms with Gasteiger partial charge in [0.15, 0.2) is 5.92 Å². The van der Waals surface area contributed by atoms with Gasteiger partial charge in [0.1, 0.15) is 0 Å². The van der Waals surface area contributed by atoms with Crippen LogP contribution in [-0.4, -0.2) is 39.2 Å². The molecule has 1 atom stereocenters. The van der Waals surface area contributed by atoms with Crippen molar-refractivity contribution in [2.45, 2.75) is 90.4 Å². The molecule has 0 fully saturated rings. The molecule has 0 spiro atoms. The summed E-state index contributed by atoms with van der Waals surface area (Å²) in [5.41, 5.74) is 0. The highest BCUT2D eigenvalue weighted by Crippen LogP contribution is 2.25. The number of methoxy groups -OCH3 is 3. The number of carbonyl (C=O) groups excluding carboxylic acids is 3.